The number of carbonyl (C=O) groups excluding carboxylic acids is 2. The van der Waals surface area contributed by atoms with E-state index in [1.165, 1.54) is 25.1 Å². The smallest absolute Gasteiger partial charge is 0.319 e. The zero-order valence-corrected chi connectivity index (χ0v) is 8.39. The summed E-state index contributed by atoms with van der Waals surface area (Å²) in [5.74, 6) is -0.878. The van der Waals surface area contributed by atoms with Crippen LogP contribution in [0.5, 0.6) is 0 Å². The first-order chi connectivity index (χ1) is 7.43. The summed E-state index contributed by atoms with van der Waals surface area (Å²) in [7, 11) is 0. The maximum Gasteiger partial charge on any atom is 0.319 e. The van der Waals surface area contributed by atoms with Gasteiger partial charge < -0.3 is 5.73 Å². The second-order valence-electron chi connectivity index (χ2n) is 3.04. The van der Waals surface area contributed by atoms with Gasteiger partial charge in [-0.15, -0.1) is 0 Å². The standard InChI is InChI=1S/C9H9N3O4/c1-5-3-2-4-6(12(15)16)7(5)8(13)11-9(10)14/h2-4H,1H3,(H3,10,11,13,14). The molecule has 3 N–H and O–H groups in total. The van der Waals surface area contributed by atoms with Gasteiger partial charge in [0.15, 0.2) is 0 Å². The van der Waals surface area contributed by atoms with E-state index in [0.29, 0.717) is 5.56 Å². The summed E-state index contributed by atoms with van der Waals surface area (Å²) < 4.78 is 0. The highest BCUT2D eigenvalue weighted by atomic mass is 16.6. The third-order valence-electron chi connectivity index (χ3n) is 1.91. The van der Waals surface area contributed by atoms with Crippen molar-refractivity contribution in [1.29, 1.82) is 0 Å². The molecule has 1 aromatic carbocycles. The number of rotatable bonds is 2. The van der Waals surface area contributed by atoms with Crippen molar-refractivity contribution in [2.75, 3.05) is 0 Å². The molecule has 0 aliphatic carbocycles. The number of urea groups is 1. The normalized spacial score (nSPS) is 9.56. The molecule has 7 nitrogen and oxygen atoms in total. The van der Waals surface area contributed by atoms with Gasteiger partial charge in [-0.25, -0.2) is 4.79 Å². The summed E-state index contributed by atoms with van der Waals surface area (Å²) >= 11 is 0. The van der Waals surface area contributed by atoms with Gasteiger partial charge in [0.2, 0.25) is 0 Å². The van der Waals surface area contributed by atoms with E-state index in [4.69, 9.17) is 5.73 Å². The first kappa shape index (κ1) is 11.6. The lowest BCUT2D eigenvalue weighted by molar-refractivity contribution is -0.385. The van der Waals surface area contributed by atoms with Crippen molar-refractivity contribution in [3.05, 3.63) is 39.4 Å². The number of aryl methyl sites for hydroxylation is 1. The van der Waals surface area contributed by atoms with E-state index >= 15 is 0 Å². The van der Waals surface area contributed by atoms with Crippen molar-refractivity contribution in [2.45, 2.75) is 6.92 Å². The van der Waals surface area contributed by atoms with Gasteiger partial charge in [0.05, 0.1) is 4.92 Å². The van der Waals surface area contributed by atoms with Crippen molar-refractivity contribution in [3.63, 3.8) is 0 Å². The summed E-state index contributed by atoms with van der Waals surface area (Å²) in [6.07, 6.45) is 0. The van der Waals surface area contributed by atoms with Crippen molar-refractivity contribution < 1.29 is 14.5 Å². The Balaban J connectivity index is 3.25. The molecule has 0 radical (unpaired) electrons. The van der Waals surface area contributed by atoms with Crippen LogP contribution in [0.15, 0.2) is 18.2 Å². The molecule has 0 aliphatic rings. The highest BCUT2D eigenvalue weighted by Crippen LogP contribution is 2.21. The van der Waals surface area contributed by atoms with Gasteiger partial charge in [-0.1, -0.05) is 12.1 Å². The highest BCUT2D eigenvalue weighted by molar-refractivity contribution is 6.07. The van der Waals surface area contributed by atoms with E-state index in [1.54, 1.807) is 5.32 Å². The van der Waals surface area contributed by atoms with Crippen molar-refractivity contribution in [3.8, 4) is 0 Å². The number of nitro groups is 1. The molecule has 0 aliphatic heterocycles. The molecule has 7 heteroatoms. The van der Waals surface area contributed by atoms with Crippen molar-refractivity contribution >= 4 is 17.6 Å². The predicted molar refractivity (Wildman–Crippen MR) is 54.9 cm³/mol. The Kier molecular flexibility index (Phi) is 3.19. The third kappa shape index (κ3) is 2.32. The molecule has 0 fully saturated rings. The number of nitro benzene ring substituents is 1. The highest BCUT2D eigenvalue weighted by Gasteiger charge is 2.22. The fourth-order valence-electron chi connectivity index (χ4n) is 1.27. The lowest BCUT2D eigenvalue weighted by Crippen LogP contribution is -2.35. The van der Waals surface area contributed by atoms with Crippen LogP contribution in [0.2, 0.25) is 0 Å². The minimum absolute atomic E-state index is 0.161. The number of nitrogens with two attached hydrogens (primary N) is 1. The van der Waals surface area contributed by atoms with Crippen molar-refractivity contribution in [1.82, 2.24) is 5.32 Å². The molecule has 16 heavy (non-hydrogen) atoms. The molecule has 0 saturated carbocycles. The summed E-state index contributed by atoms with van der Waals surface area (Å²) in [5, 5.41) is 12.5. The van der Waals surface area contributed by atoms with Crippen LogP contribution >= 0.6 is 0 Å². The van der Waals surface area contributed by atoms with Gasteiger partial charge in [0.25, 0.3) is 11.6 Å². The minimum Gasteiger partial charge on any atom is -0.351 e. The number of amides is 3. The summed E-state index contributed by atoms with van der Waals surface area (Å²) in [6, 6.07) is 3.11. The van der Waals surface area contributed by atoms with Crippen molar-refractivity contribution in [2.24, 2.45) is 5.73 Å². The second-order valence-corrected chi connectivity index (χ2v) is 3.04. The SMILES string of the molecule is Cc1cccc([N+](=O)[O-])c1C(=O)NC(N)=O. The topological polar surface area (TPSA) is 115 Å². The van der Waals surface area contributed by atoms with Crippen LogP contribution in [0, 0.1) is 17.0 Å². The molecule has 0 saturated heterocycles. The Labute approximate surface area is 90.4 Å². The Hall–Kier alpha value is -2.44. The Bertz CT molecular complexity index is 470. The monoisotopic (exact) mass is 223 g/mol. The molecule has 84 valence electrons. The summed E-state index contributed by atoms with van der Waals surface area (Å²) in [6.45, 7) is 1.53. The quantitative estimate of drug-likeness (QED) is 0.567. The van der Waals surface area contributed by atoms with Gasteiger partial charge in [-0.2, -0.15) is 0 Å². The van der Waals surface area contributed by atoms with Gasteiger partial charge in [0, 0.05) is 6.07 Å². The molecular formula is C9H9N3O4. The molecule has 1 rings (SSSR count). The Morgan fingerprint density at radius 1 is 1.44 bits per heavy atom. The van der Waals surface area contributed by atoms with Crippen LogP contribution in [0.1, 0.15) is 15.9 Å². The van der Waals surface area contributed by atoms with E-state index < -0.39 is 16.9 Å². The van der Waals surface area contributed by atoms with E-state index in [0.717, 1.165) is 0 Å². The molecule has 0 aromatic heterocycles. The zero-order chi connectivity index (χ0) is 12.3. The second kappa shape index (κ2) is 4.39. The van der Waals surface area contributed by atoms with Crippen LogP contribution in [-0.2, 0) is 0 Å². The molecule has 0 atom stereocenters. The largest absolute Gasteiger partial charge is 0.351 e. The fourth-order valence-corrected chi connectivity index (χ4v) is 1.27. The van der Waals surface area contributed by atoms with E-state index in [2.05, 4.69) is 0 Å². The third-order valence-corrected chi connectivity index (χ3v) is 1.91. The van der Waals surface area contributed by atoms with Gasteiger partial charge >= 0.3 is 6.03 Å². The van der Waals surface area contributed by atoms with Crippen LogP contribution in [0.25, 0.3) is 0 Å². The van der Waals surface area contributed by atoms with Crippen LogP contribution in [0.3, 0.4) is 0 Å². The van der Waals surface area contributed by atoms with E-state index in [9.17, 15) is 19.7 Å². The average molecular weight is 223 g/mol. The maximum absolute atomic E-state index is 11.5. The molecule has 3 amide bonds. The minimum atomic E-state index is -1.05. The Morgan fingerprint density at radius 2 is 2.06 bits per heavy atom. The number of imide groups is 1. The van der Waals surface area contributed by atoms with Gasteiger partial charge in [0.1, 0.15) is 5.56 Å². The zero-order valence-electron chi connectivity index (χ0n) is 8.39. The number of nitrogens with zero attached hydrogens (tertiary/aromatic N) is 1. The number of primary amides is 1. The Morgan fingerprint density at radius 3 is 2.56 bits per heavy atom. The lowest BCUT2D eigenvalue weighted by atomic mass is 10.1. The molecule has 0 bridgehead atoms. The predicted octanol–water partition coefficient (Wildman–Crippen LogP) is 0.712. The maximum atomic E-state index is 11.5. The first-order valence-electron chi connectivity index (χ1n) is 4.28. The fraction of sp³-hybridized carbons (Fsp3) is 0.111. The lowest BCUT2D eigenvalue weighted by Gasteiger charge is -2.05. The van der Waals surface area contributed by atoms with Crippen LogP contribution in [0.4, 0.5) is 10.5 Å². The van der Waals surface area contributed by atoms with E-state index in [-0.39, 0.29) is 11.3 Å². The van der Waals surface area contributed by atoms with E-state index in [1.807, 2.05) is 0 Å². The summed E-state index contributed by atoms with van der Waals surface area (Å²) in [4.78, 5) is 32.0. The number of carbonyl (C=O) groups is 2. The number of hydrogen-bond donors (Lipinski definition) is 2. The number of hydrogen-bond acceptors (Lipinski definition) is 4. The average Bonchev–Trinajstić information content (AvgIpc) is 2.15. The van der Waals surface area contributed by atoms with Gasteiger partial charge in [-0.05, 0) is 12.5 Å². The molecular weight excluding hydrogens is 214 g/mol. The summed E-state index contributed by atoms with van der Waals surface area (Å²) in [5.41, 5.74) is 4.64. The van der Waals surface area contributed by atoms with Gasteiger partial charge in [-0.3, -0.25) is 20.2 Å². The van der Waals surface area contributed by atoms with Crippen LogP contribution < -0.4 is 11.1 Å². The molecule has 0 heterocycles. The number of nitrogens with one attached hydrogen (secondary N) is 1. The van der Waals surface area contributed by atoms with Crippen LogP contribution in [-0.4, -0.2) is 16.9 Å². The molecule has 0 unspecified atom stereocenters. The first-order valence-corrected chi connectivity index (χ1v) is 4.28. The number of benzene rings is 1. The molecule has 1 aromatic rings. The molecule has 0 spiro atoms.